The first kappa shape index (κ1) is 9.26. The third-order valence-corrected chi connectivity index (χ3v) is 3.20. The molecule has 0 aromatic carbocycles. The van der Waals surface area contributed by atoms with Crippen molar-refractivity contribution in [3.8, 4) is 6.07 Å². The second kappa shape index (κ2) is 3.13. The molecule has 0 saturated carbocycles. The molecule has 2 rings (SSSR count). The quantitative estimate of drug-likeness (QED) is 0.584. The molecule has 3 nitrogen and oxygen atoms in total. The fourth-order valence-electron chi connectivity index (χ4n) is 2.21. The van der Waals surface area contributed by atoms with Crippen LogP contribution in [0.15, 0.2) is 16.3 Å². The molecule has 1 saturated heterocycles. The maximum atomic E-state index is 8.91. The van der Waals surface area contributed by atoms with Gasteiger partial charge in [0.15, 0.2) is 0 Å². The van der Waals surface area contributed by atoms with E-state index in [1.54, 1.807) is 0 Å². The Morgan fingerprint density at radius 3 is 2.86 bits per heavy atom. The standard InChI is InChI=1S/C11H15N3/c1-7-8(2)13-9(3)14-6-10(5-12)4-11(7)14/h8,10H,4,6H2,1-3H3/t8-,10+/m1/s1. The Morgan fingerprint density at radius 1 is 1.50 bits per heavy atom. The first-order valence-electron chi connectivity index (χ1n) is 5.04. The van der Waals surface area contributed by atoms with Crippen LogP contribution in [0.25, 0.3) is 0 Å². The van der Waals surface area contributed by atoms with Crippen molar-refractivity contribution in [2.24, 2.45) is 10.9 Å². The molecule has 0 radical (unpaired) electrons. The van der Waals surface area contributed by atoms with Crippen LogP contribution in [0.5, 0.6) is 0 Å². The third-order valence-electron chi connectivity index (χ3n) is 3.20. The molecule has 74 valence electrons. The highest BCUT2D eigenvalue weighted by molar-refractivity contribution is 5.83. The summed E-state index contributed by atoms with van der Waals surface area (Å²) in [6.07, 6.45) is 0.902. The smallest absolute Gasteiger partial charge is 0.101 e. The Kier molecular flexibility index (Phi) is 2.07. The molecule has 2 atom stereocenters. The Bertz CT molecular complexity index is 359. The largest absolute Gasteiger partial charge is 0.333 e. The minimum atomic E-state index is 0.149. The molecule has 0 unspecified atom stereocenters. The van der Waals surface area contributed by atoms with Crippen LogP contribution in [0.4, 0.5) is 0 Å². The van der Waals surface area contributed by atoms with Crippen LogP contribution in [-0.4, -0.2) is 23.3 Å². The highest BCUT2D eigenvalue weighted by Gasteiger charge is 2.32. The molecule has 0 amide bonds. The van der Waals surface area contributed by atoms with Crippen LogP contribution in [-0.2, 0) is 0 Å². The van der Waals surface area contributed by atoms with E-state index in [0.29, 0.717) is 6.04 Å². The third kappa shape index (κ3) is 1.22. The molecule has 1 fully saturated rings. The molecule has 0 N–H and O–H groups in total. The molecular formula is C11H15N3. The summed E-state index contributed by atoms with van der Waals surface area (Å²) in [4.78, 5) is 6.75. The Labute approximate surface area is 84.7 Å². The lowest BCUT2D eigenvalue weighted by Crippen LogP contribution is -2.31. The molecule has 0 bridgehead atoms. The van der Waals surface area contributed by atoms with Crippen LogP contribution in [0.2, 0.25) is 0 Å². The highest BCUT2D eigenvalue weighted by atomic mass is 15.2. The maximum Gasteiger partial charge on any atom is 0.101 e. The Morgan fingerprint density at radius 2 is 2.21 bits per heavy atom. The summed E-state index contributed by atoms with van der Waals surface area (Å²) in [6, 6.07) is 2.64. The van der Waals surface area contributed by atoms with Gasteiger partial charge in [-0.15, -0.1) is 0 Å². The van der Waals surface area contributed by atoms with Crippen LogP contribution in [0, 0.1) is 17.2 Å². The molecule has 3 heteroatoms. The van der Waals surface area contributed by atoms with Crippen LogP contribution in [0.1, 0.15) is 27.2 Å². The number of nitriles is 1. The van der Waals surface area contributed by atoms with Crippen molar-refractivity contribution in [2.45, 2.75) is 33.2 Å². The summed E-state index contributed by atoms with van der Waals surface area (Å²) >= 11 is 0. The topological polar surface area (TPSA) is 39.4 Å². The lowest BCUT2D eigenvalue weighted by Gasteiger charge is -2.28. The van der Waals surface area contributed by atoms with E-state index in [2.05, 4.69) is 29.8 Å². The predicted octanol–water partition coefficient (Wildman–Crippen LogP) is 1.93. The van der Waals surface area contributed by atoms with E-state index >= 15 is 0 Å². The minimum absolute atomic E-state index is 0.149. The molecule has 14 heavy (non-hydrogen) atoms. The van der Waals surface area contributed by atoms with Gasteiger partial charge in [-0.05, 0) is 26.3 Å². The second-order valence-corrected chi connectivity index (χ2v) is 4.12. The van der Waals surface area contributed by atoms with Crippen molar-refractivity contribution in [2.75, 3.05) is 6.54 Å². The van der Waals surface area contributed by atoms with Gasteiger partial charge in [0.2, 0.25) is 0 Å². The zero-order valence-electron chi connectivity index (χ0n) is 8.91. The summed E-state index contributed by atoms with van der Waals surface area (Å²) in [5, 5.41) is 8.91. The molecule has 0 aromatic rings. The number of amidine groups is 1. The SMILES string of the molecule is CC1=N[C@H](C)C(C)=C2C[C@@H](C#N)CN12. The zero-order chi connectivity index (χ0) is 10.3. The van der Waals surface area contributed by atoms with Crippen LogP contribution < -0.4 is 0 Å². The summed E-state index contributed by atoms with van der Waals surface area (Å²) in [6.45, 7) is 7.10. The average molecular weight is 189 g/mol. The van der Waals surface area contributed by atoms with E-state index in [1.165, 1.54) is 11.3 Å². The number of aliphatic imine (C=N–C) groups is 1. The minimum Gasteiger partial charge on any atom is -0.333 e. The fraction of sp³-hybridized carbons (Fsp3) is 0.636. The van der Waals surface area contributed by atoms with Gasteiger partial charge in [-0.2, -0.15) is 5.26 Å². The van der Waals surface area contributed by atoms with E-state index in [-0.39, 0.29) is 5.92 Å². The Balaban J connectivity index is 2.36. The second-order valence-electron chi connectivity index (χ2n) is 4.12. The first-order valence-corrected chi connectivity index (χ1v) is 5.04. The van der Waals surface area contributed by atoms with E-state index in [4.69, 9.17) is 5.26 Å². The van der Waals surface area contributed by atoms with Crippen molar-refractivity contribution in [1.29, 1.82) is 5.26 Å². The van der Waals surface area contributed by atoms with Gasteiger partial charge in [0.1, 0.15) is 5.84 Å². The van der Waals surface area contributed by atoms with Crippen molar-refractivity contribution in [3.05, 3.63) is 11.3 Å². The summed E-state index contributed by atoms with van der Waals surface area (Å²) in [5.74, 6) is 1.21. The van der Waals surface area contributed by atoms with Gasteiger partial charge in [-0.3, -0.25) is 4.99 Å². The average Bonchev–Trinajstić information content (AvgIpc) is 2.58. The van der Waals surface area contributed by atoms with Crippen molar-refractivity contribution in [3.63, 3.8) is 0 Å². The van der Waals surface area contributed by atoms with Crippen molar-refractivity contribution < 1.29 is 0 Å². The number of nitrogens with zero attached hydrogens (tertiary/aromatic N) is 3. The summed E-state index contributed by atoms with van der Waals surface area (Å²) < 4.78 is 0. The first-order chi connectivity index (χ1) is 6.63. The number of allylic oxidation sites excluding steroid dienone is 1. The molecule has 0 aliphatic carbocycles. The molecule has 0 aromatic heterocycles. The van der Waals surface area contributed by atoms with Crippen LogP contribution in [0.3, 0.4) is 0 Å². The van der Waals surface area contributed by atoms with Gasteiger partial charge in [0.25, 0.3) is 0 Å². The lowest BCUT2D eigenvalue weighted by molar-refractivity contribution is 0.527. The van der Waals surface area contributed by atoms with E-state index < -0.39 is 0 Å². The van der Waals surface area contributed by atoms with Gasteiger partial charge >= 0.3 is 0 Å². The van der Waals surface area contributed by atoms with Crippen molar-refractivity contribution in [1.82, 2.24) is 4.90 Å². The number of rotatable bonds is 0. The normalized spacial score (nSPS) is 31.3. The van der Waals surface area contributed by atoms with Gasteiger partial charge in [0, 0.05) is 18.7 Å². The fourth-order valence-corrected chi connectivity index (χ4v) is 2.21. The molecular weight excluding hydrogens is 174 g/mol. The van der Waals surface area contributed by atoms with Gasteiger partial charge < -0.3 is 4.90 Å². The lowest BCUT2D eigenvalue weighted by atomic mass is 10.0. The van der Waals surface area contributed by atoms with E-state index in [9.17, 15) is 0 Å². The molecule has 2 aliphatic heterocycles. The van der Waals surface area contributed by atoms with Gasteiger partial charge in [-0.25, -0.2) is 0 Å². The van der Waals surface area contributed by atoms with Crippen LogP contribution >= 0.6 is 0 Å². The summed E-state index contributed by atoms with van der Waals surface area (Å²) in [5.41, 5.74) is 2.66. The van der Waals surface area contributed by atoms with Gasteiger partial charge in [0.05, 0.1) is 18.0 Å². The molecule has 2 heterocycles. The Hall–Kier alpha value is -1.30. The molecule has 2 aliphatic rings. The van der Waals surface area contributed by atoms with Gasteiger partial charge in [-0.1, -0.05) is 0 Å². The number of hydrogen-bond donors (Lipinski definition) is 0. The predicted molar refractivity (Wildman–Crippen MR) is 55.7 cm³/mol. The number of hydrogen-bond acceptors (Lipinski definition) is 3. The van der Waals surface area contributed by atoms with E-state index in [1.807, 2.05) is 6.92 Å². The van der Waals surface area contributed by atoms with Crippen molar-refractivity contribution >= 4 is 5.84 Å². The zero-order valence-corrected chi connectivity index (χ0v) is 8.91. The maximum absolute atomic E-state index is 8.91. The highest BCUT2D eigenvalue weighted by Crippen LogP contribution is 2.33. The van der Waals surface area contributed by atoms with E-state index in [0.717, 1.165) is 18.8 Å². The summed E-state index contributed by atoms with van der Waals surface area (Å²) in [7, 11) is 0. The number of fused-ring (bicyclic) bond motifs is 1. The monoisotopic (exact) mass is 189 g/mol. The molecule has 0 spiro atoms.